The van der Waals surface area contributed by atoms with Crippen molar-refractivity contribution in [2.45, 2.75) is 65.8 Å². The Hall–Kier alpha value is -4.17. The summed E-state index contributed by atoms with van der Waals surface area (Å²) in [6.45, 7) is 10.6. The highest BCUT2D eigenvalue weighted by molar-refractivity contribution is 6.33. The van der Waals surface area contributed by atoms with Crippen LogP contribution >= 0.6 is 11.6 Å². The summed E-state index contributed by atoms with van der Waals surface area (Å²) in [6, 6.07) is 17.6. The third-order valence-corrected chi connectivity index (χ3v) is 9.83. The molecule has 10 heteroatoms. The summed E-state index contributed by atoms with van der Waals surface area (Å²) in [5, 5.41) is 32.1. The fourth-order valence-corrected chi connectivity index (χ4v) is 6.50. The summed E-state index contributed by atoms with van der Waals surface area (Å²) in [7, 11) is 0. The molecule has 9 nitrogen and oxygen atoms in total. The van der Waals surface area contributed by atoms with Gasteiger partial charge in [0.25, 0.3) is 0 Å². The zero-order valence-electron chi connectivity index (χ0n) is 29.2. The quantitative estimate of drug-likeness (QED) is 0.104. The van der Waals surface area contributed by atoms with Crippen LogP contribution in [0.1, 0.15) is 58.2 Å². The van der Waals surface area contributed by atoms with E-state index in [1.807, 2.05) is 19.1 Å². The Bertz CT molecular complexity index is 1780. The van der Waals surface area contributed by atoms with Gasteiger partial charge in [0.2, 0.25) is 0 Å². The third-order valence-electron chi connectivity index (χ3n) is 9.36. The fraction of sp³-hybridized carbons (Fsp3) is 0.400. The van der Waals surface area contributed by atoms with E-state index in [0.717, 1.165) is 63.2 Å². The minimum absolute atomic E-state index is 0.168. The van der Waals surface area contributed by atoms with Crippen molar-refractivity contribution in [1.29, 1.82) is 5.26 Å². The van der Waals surface area contributed by atoms with Crippen LogP contribution in [-0.4, -0.2) is 65.6 Å². The van der Waals surface area contributed by atoms with Gasteiger partial charge in [0.1, 0.15) is 36.5 Å². The normalized spacial score (nSPS) is 13.1. The molecule has 0 bridgehead atoms. The zero-order valence-corrected chi connectivity index (χ0v) is 29.9. The smallest absolute Gasteiger partial charge is 0.142 e. The number of pyridine rings is 1. The number of likely N-dealkylation sites (tertiary alicyclic amines) is 1. The van der Waals surface area contributed by atoms with Gasteiger partial charge in [0.15, 0.2) is 0 Å². The predicted molar refractivity (Wildman–Crippen MR) is 196 cm³/mol. The molecular weight excluding hydrogens is 652 g/mol. The molecule has 264 valence electrons. The highest BCUT2D eigenvalue weighted by Gasteiger charge is 2.19. The van der Waals surface area contributed by atoms with Crippen LogP contribution in [0.5, 0.6) is 17.2 Å². The molecule has 0 unspecified atom stereocenters. The van der Waals surface area contributed by atoms with Crippen molar-refractivity contribution in [2.24, 2.45) is 0 Å². The average Bonchev–Trinajstić information content (AvgIpc) is 3.66. The number of hydrogen-bond acceptors (Lipinski definition) is 9. The van der Waals surface area contributed by atoms with E-state index in [1.165, 1.54) is 32.1 Å². The number of nitrogens with one attached hydrogen (secondary N) is 1. The molecule has 50 heavy (non-hydrogen) atoms. The highest BCUT2D eigenvalue weighted by Crippen LogP contribution is 2.39. The molecule has 0 radical (unpaired) electrons. The van der Waals surface area contributed by atoms with Crippen molar-refractivity contribution < 1.29 is 24.4 Å². The summed E-state index contributed by atoms with van der Waals surface area (Å²) in [5.41, 5.74) is 8.19. The Morgan fingerprint density at radius 1 is 0.880 bits per heavy atom. The molecular formula is C40H47ClN4O5. The molecule has 1 fully saturated rings. The number of nitrogens with zero attached hydrogens (tertiary/aromatic N) is 3. The van der Waals surface area contributed by atoms with Gasteiger partial charge >= 0.3 is 0 Å². The van der Waals surface area contributed by atoms with Crippen LogP contribution < -0.4 is 19.5 Å². The molecule has 2 heterocycles. The number of aliphatic hydroxyl groups is 2. The van der Waals surface area contributed by atoms with Gasteiger partial charge in [0, 0.05) is 42.7 Å². The maximum absolute atomic E-state index is 9.60. The summed E-state index contributed by atoms with van der Waals surface area (Å²) in [6.07, 6.45) is 6.77. The molecule has 1 aromatic heterocycles. The molecule has 1 aliphatic heterocycles. The molecule has 4 aromatic rings. The summed E-state index contributed by atoms with van der Waals surface area (Å²) < 4.78 is 18.9. The molecule has 1 aliphatic rings. The molecule has 5 rings (SSSR count). The van der Waals surface area contributed by atoms with Crippen LogP contribution in [0.25, 0.3) is 11.1 Å². The van der Waals surface area contributed by atoms with E-state index in [1.54, 1.807) is 18.3 Å². The van der Waals surface area contributed by atoms with E-state index in [-0.39, 0.29) is 26.4 Å². The number of nitriles is 1. The number of aliphatic hydroxyl groups excluding tert-OH is 2. The minimum Gasteiger partial charge on any atom is -0.493 e. The first kappa shape index (κ1) is 37.1. The van der Waals surface area contributed by atoms with Gasteiger partial charge in [-0.25, -0.2) is 0 Å². The monoisotopic (exact) mass is 698 g/mol. The van der Waals surface area contributed by atoms with E-state index in [0.29, 0.717) is 35.2 Å². The second kappa shape index (κ2) is 18.2. The van der Waals surface area contributed by atoms with Crippen molar-refractivity contribution in [3.63, 3.8) is 0 Å². The van der Waals surface area contributed by atoms with Crippen molar-refractivity contribution >= 4 is 11.6 Å². The maximum Gasteiger partial charge on any atom is 0.142 e. The van der Waals surface area contributed by atoms with Crippen LogP contribution in [-0.2, 0) is 19.8 Å². The van der Waals surface area contributed by atoms with Gasteiger partial charge in [-0.05, 0) is 98.6 Å². The van der Waals surface area contributed by atoms with E-state index in [9.17, 15) is 15.5 Å². The zero-order chi connectivity index (χ0) is 35.5. The molecule has 0 spiro atoms. The van der Waals surface area contributed by atoms with Gasteiger partial charge in [-0.2, -0.15) is 5.26 Å². The molecule has 3 N–H and O–H groups in total. The van der Waals surface area contributed by atoms with Crippen molar-refractivity contribution in [3.05, 3.63) is 105 Å². The minimum atomic E-state index is -0.501. The second-order valence-electron chi connectivity index (χ2n) is 12.8. The van der Waals surface area contributed by atoms with Crippen LogP contribution in [0.3, 0.4) is 0 Å². The van der Waals surface area contributed by atoms with Crippen LogP contribution in [0.4, 0.5) is 0 Å². The van der Waals surface area contributed by atoms with Crippen LogP contribution in [0, 0.1) is 32.1 Å². The first-order chi connectivity index (χ1) is 24.3. The first-order valence-corrected chi connectivity index (χ1v) is 17.6. The average molecular weight is 699 g/mol. The molecule has 0 aliphatic carbocycles. The molecule has 3 aromatic carbocycles. The van der Waals surface area contributed by atoms with E-state index in [4.69, 9.17) is 25.8 Å². The molecule has 1 saturated heterocycles. The molecule has 0 amide bonds. The lowest BCUT2D eigenvalue weighted by atomic mass is 9.93. The van der Waals surface area contributed by atoms with Gasteiger partial charge in [-0.1, -0.05) is 41.9 Å². The van der Waals surface area contributed by atoms with Crippen LogP contribution in [0.2, 0.25) is 5.02 Å². The standard InChI is InChI=1S/C40H47ClN4O5/c1-27-32(9-6-10-34(27)35-11-7-12-37(28(35)2)48-16-8-15-45-13-4-5-14-45)26-50-39-18-38(49-25-31-17-30(19-42)20-43-21-31)36(29(3)40(39)41)22-44-33(23-46)24-47/h6-7,9-12,17-18,20-21,33,44,46-47H,4-5,8,13-16,22-26H2,1-3H3. The Morgan fingerprint density at radius 3 is 2.34 bits per heavy atom. The summed E-state index contributed by atoms with van der Waals surface area (Å²) in [5.74, 6) is 1.91. The number of ether oxygens (including phenoxy) is 3. The second-order valence-corrected chi connectivity index (χ2v) is 13.2. The Balaban J connectivity index is 1.34. The van der Waals surface area contributed by atoms with Crippen molar-refractivity contribution in [2.75, 3.05) is 39.5 Å². The topological polar surface area (TPSA) is 120 Å². The van der Waals surface area contributed by atoms with E-state index < -0.39 is 6.04 Å². The fourth-order valence-electron chi connectivity index (χ4n) is 6.27. The lowest BCUT2D eigenvalue weighted by Gasteiger charge is -2.21. The molecule has 0 saturated carbocycles. The van der Waals surface area contributed by atoms with Gasteiger partial charge < -0.3 is 34.6 Å². The highest BCUT2D eigenvalue weighted by atomic mass is 35.5. The SMILES string of the molecule is Cc1c(COc2cc(OCc3cncc(C#N)c3)c(CNC(CO)CO)c(C)c2Cl)cccc1-c1cccc(OCCCN2CCCC2)c1C. The summed E-state index contributed by atoms with van der Waals surface area (Å²) >= 11 is 6.90. The first-order valence-electron chi connectivity index (χ1n) is 17.2. The Morgan fingerprint density at radius 2 is 1.60 bits per heavy atom. The number of aromatic nitrogens is 1. The van der Waals surface area contributed by atoms with Crippen molar-refractivity contribution in [3.8, 4) is 34.4 Å². The number of halogens is 1. The lowest BCUT2D eigenvalue weighted by molar-refractivity contribution is 0.169. The van der Waals surface area contributed by atoms with E-state index >= 15 is 0 Å². The van der Waals surface area contributed by atoms with Gasteiger partial charge in [0.05, 0.1) is 36.4 Å². The largest absolute Gasteiger partial charge is 0.493 e. The van der Waals surface area contributed by atoms with Gasteiger partial charge in [-0.15, -0.1) is 0 Å². The summed E-state index contributed by atoms with van der Waals surface area (Å²) in [4.78, 5) is 6.65. The number of rotatable bonds is 17. The van der Waals surface area contributed by atoms with Gasteiger partial charge in [-0.3, -0.25) is 4.98 Å². The van der Waals surface area contributed by atoms with Crippen molar-refractivity contribution in [1.82, 2.24) is 15.2 Å². The lowest BCUT2D eigenvalue weighted by Crippen LogP contribution is -2.35. The van der Waals surface area contributed by atoms with Crippen LogP contribution in [0.15, 0.2) is 60.9 Å². The molecule has 0 atom stereocenters. The Labute approximate surface area is 300 Å². The number of benzene rings is 3. The Kier molecular flexibility index (Phi) is 13.5. The maximum atomic E-state index is 9.60. The predicted octanol–water partition coefficient (Wildman–Crippen LogP) is 6.66. The third kappa shape index (κ3) is 9.33. The van der Waals surface area contributed by atoms with E-state index in [2.05, 4.69) is 59.4 Å². The number of hydrogen-bond donors (Lipinski definition) is 3.